The fourth-order valence-corrected chi connectivity index (χ4v) is 0.584. The second-order valence-electron chi connectivity index (χ2n) is 1.87. The molecule has 0 aliphatic rings. The molecule has 0 heterocycles. The maximum atomic E-state index is 10.3. The minimum atomic E-state index is -4.12. The molecule has 1 unspecified atom stereocenters. The number of amidine groups is 1. The summed E-state index contributed by atoms with van der Waals surface area (Å²) in [5.41, 5.74) is 5.13. The van der Waals surface area contributed by atoms with Crippen molar-refractivity contribution in [3.8, 4) is 0 Å². The van der Waals surface area contributed by atoms with Gasteiger partial charge in [-0.1, -0.05) is 6.58 Å². The summed E-state index contributed by atoms with van der Waals surface area (Å²) in [5, 5.41) is -1.24. The minimum absolute atomic E-state index is 0.0184. The number of hydrogen-bond donors (Lipinski definition) is 2. The molecule has 0 rings (SSSR count). The van der Waals surface area contributed by atoms with Crippen LogP contribution in [0.5, 0.6) is 0 Å². The standard InChI is InChI=1S/C5H10N2O3S/c1-3-5(6)7-4(2)11(8,9)10/h3-4H,1H2,2H3,(H2,6,7)(H,8,9,10). The Morgan fingerprint density at radius 2 is 2.27 bits per heavy atom. The molecular weight excluding hydrogens is 168 g/mol. The molecule has 0 bridgehead atoms. The maximum absolute atomic E-state index is 10.3. The highest BCUT2D eigenvalue weighted by molar-refractivity contribution is 7.86. The van der Waals surface area contributed by atoms with E-state index in [9.17, 15) is 8.42 Å². The summed E-state index contributed by atoms with van der Waals surface area (Å²) in [7, 11) is -4.12. The smallest absolute Gasteiger partial charge is 0.288 e. The van der Waals surface area contributed by atoms with Crippen LogP contribution in [0.1, 0.15) is 6.92 Å². The highest BCUT2D eigenvalue weighted by atomic mass is 32.2. The Hall–Kier alpha value is -0.880. The third-order valence-electron chi connectivity index (χ3n) is 0.971. The number of rotatable bonds is 3. The largest absolute Gasteiger partial charge is 0.384 e. The lowest BCUT2D eigenvalue weighted by atomic mass is 10.6. The summed E-state index contributed by atoms with van der Waals surface area (Å²) < 4.78 is 29.1. The predicted molar refractivity (Wildman–Crippen MR) is 42.8 cm³/mol. The lowest BCUT2D eigenvalue weighted by molar-refractivity contribution is 0.472. The normalized spacial score (nSPS) is 16.0. The monoisotopic (exact) mass is 178 g/mol. The van der Waals surface area contributed by atoms with Crippen molar-refractivity contribution in [1.29, 1.82) is 0 Å². The van der Waals surface area contributed by atoms with Crippen molar-refractivity contribution < 1.29 is 13.0 Å². The molecule has 0 aromatic carbocycles. The zero-order valence-corrected chi connectivity index (χ0v) is 6.87. The highest BCUT2D eigenvalue weighted by Crippen LogP contribution is 1.98. The van der Waals surface area contributed by atoms with Gasteiger partial charge in [-0.15, -0.1) is 0 Å². The molecule has 64 valence electrons. The van der Waals surface area contributed by atoms with Crippen molar-refractivity contribution in [1.82, 2.24) is 0 Å². The van der Waals surface area contributed by atoms with Gasteiger partial charge in [0, 0.05) is 0 Å². The fourth-order valence-electron chi connectivity index (χ4n) is 0.329. The van der Waals surface area contributed by atoms with Gasteiger partial charge in [-0.05, 0) is 13.0 Å². The van der Waals surface area contributed by atoms with Crippen molar-refractivity contribution in [2.24, 2.45) is 10.7 Å². The zero-order chi connectivity index (χ0) is 9.07. The van der Waals surface area contributed by atoms with Gasteiger partial charge in [0.15, 0.2) is 5.37 Å². The van der Waals surface area contributed by atoms with E-state index in [1.54, 1.807) is 0 Å². The molecule has 0 fully saturated rings. The Labute approximate surface area is 65.4 Å². The van der Waals surface area contributed by atoms with Crippen LogP contribution in [-0.4, -0.2) is 24.2 Å². The summed E-state index contributed by atoms with van der Waals surface area (Å²) in [6.45, 7) is 4.48. The molecule has 0 aromatic heterocycles. The molecule has 0 saturated carbocycles. The molecule has 3 N–H and O–H groups in total. The van der Waals surface area contributed by atoms with E-state index < -0.39 is 15.5 Å². The Morgan fingerprint density at radius 3 is 2.55 bits per heavy atom. The summed E-state index contributed by atoms with van der Waals surface area (Å²) in [6, 6.07) is 0. The first-order valence-corrected chi connectivity index (χ1v) is 4.30. The van der Waals surface area contributed by atoms with E-state index in [1.165, 1.54) is 13.0 Å². The SMILES string of the molecule is C=C/C(N)=N\C(C)S(=O)(=O)O. The first-order valence-electron chi connectivity index (χ1n) is 2.80. The molecular formula is C5H10N2O3S. The van der Waals surface area contributed by atoms with E-state index in [2.05, 4.69) is 11.6 Å². The molecule has 0 aromatic rings. The second kappa shape index (κ2) is 3.49. The van der Waals surface area contributed by atoms with Crippen molar-refractivity contribution in [2.75, 3.05) is 0 Å². The molecule has 11 heavy (non-hydrogen) atoms. The van der Waals surface area contributed by atoms with E-state index in [0.29, 0.717) is 0 Å². The van der Waals surface area contributed by atoms with Crippen LogP contribution in [0.3, 0.4) is 0 Å². The van der Waals surface area contributed by atoms with Gasteiger partial charge in [0.2, 0.25) is 0 Å². The lowest BCUT2D eigenvalue weighted by Crippen LogP contribution is -2.19. The third kappa shape index (κ3) is 3.74. The topological polar surface area (TPSA) is 92.8 Å². The van der Waals surface area contributed by atoms with Crippen LogP contribution in [0.2, 0.25) is 0 Å². The first-order chi connectivity index (χ1) is 4.88. The van der Waals surface area contributed by atoms with E-state index >= 15 is 0 Å². The molecule has 1 atom stereocenters. The zero-order valence-electron chi connectivity index (χ0n) is 6.06. The highest BCUT2D eigenvalue weighted by Gasteiger charge is 2.14. The van der Waals surface area contributed by atoms with Gasteiger partial charge >= 0.3 is 0 Å². The Bertz CT molecular complexity index is 267. The van der Waals surface area contributed by atoms with Gasteiger partial charge in [0.05, 0.1) is 0 Å². The van der Waals surface area contributed by atoms with E-state index in [4.69, 9.17) is 10.3 Å². The summed E-state index contributed by atoms with van der Waals surface area (Å²) in [5.74, 6) is -0.0184. The summed E-state index contributed by atoms with van der Waals surface area (Å²) in [6.07, 6.45) is 1.20. The molecule has 6 heteroatoms. The van der Waals surface area contributed by atoms with Gasteiger partial charge in [-0.3, -0.25) is 4.55 Å². The van der Waals surface area contributed by atoms with Crippen LogP contribution in [-0.2, 0) is 10.1 Å². The van der Waals surface area contributed by atoms with Crippen molar-refractivity contribution in [3.05, 3.63) is 12.7 Å². The molecule has 5 nitrogen and oxygen atoms in total. The molecule has 0 aliphatic heterocycles. The van der Waals surface area contributed by atoms with Crippen LogP contribution >= 0.6 is 0 Å². The van der Waals surface area contributed by atoms with Crippen LogP contribution in [0, 0.1) is 0 Å². The van der Waals surface area contributed by atoms with Gasteiger partial charge in [0.1, 0.15) is 5.84 Å². The molecule has 0 spiro atoms. The van der Waals surface area contributed by atoms with Crippen molar-refractivity contribution >= 4 is 16.0 Å². The lowest BCUT2D eigenvalue weighted by Gasteiger charge is -2.01. The number of aliphatic imine (C=N–C) groups is 1. The van der Waals surface area contributed by atoms with Gasteiger partial charge in [-0.2, -0.15) is 8.42 Å². The van der Waals surface area contributed by atoms with Gasteiger partial charge in [0.25, 0.3) is 10.1 Å². The Kier molecular flexibility index (Phi) is 3.21. The van der Waals surface area contributed by atoms with E-state index in [-0.39, 0.29) is 5.84 Å². The number of hydrogen-bond acceptors (Lipinski definition) is 3. The van der Waals surface area contributed by atoms with Crippen molar-refractivity contribution in [2.45, 2.75) is 12.3 Å². The quantitative estimate of drug-likeness (QED) is 0.354. The van der Waals surface area contributed by atoms with Crippen LogP contribution in [0.15, 0.2) is 17.6 Å². The summed E-state index contributed by atoms with van der Waals surface area (Å²) >= 11 is 0. The second-order valence-corrected chi connectivity index (χ2v) is 3.58. The van der Waals surface area contributed by atoms with Crippen LogP contribution < -0.4 is 5.73 Å². The van der Waals surface area contributed by atoms with Crippen molar-refractivity contribution in [3.63, 3.8) is 0 Å². The predicted octanol–water partition coefficient (Wildman–Crippen LogP) is -0.237. The van der Waals surface area contributed by atoms with E-state index in [0.717, 1.165) is 0 Å². The summed E-state index contributed by atoms with van der Waals surface area (Å²) in [4.78, 5) is 3.41. The third-order valence-corrected chi connectivity index (χ3v) is 1.94. The first kappa shape index (κ1) is 10.1. The Morgan fingerprint density at radius 1 is 1.82 bits per heavy atom. The average molecular weight is 178 g/mol. The number of nitrogens with zero attached hydrogens (tertiary/aromatic N) is 1. The molecule has 0 aliphatic carbocycles. The van der Waals surface area contributed by atoms with Crippen LogP contribution in [0.4, 0.5) is 0 Å². The molecule has 0 saturated heterocycles. The van der Waals surface area contributed by atoms with Gasteiger partial charge < -0.3 is 5.73 Å². The average Bonchev–Trinajstić information content (AvgIpc) is 1.85. The molecule has 0 radical (unpaired) electrons. The Balaban J connectivity index is 4.55. The molecule has 0 amide bonds. The number of nitrogens with two attached hydrogens (primary N) is 1. The van der Waals surface area contributed by atoms with Crippen LogP contribution in [0.25, 0.3) is 0 Å². The minimum Gasteiger partial charge on any atom is -0.384 e. The fraction of sp³-hybridized carbons (Fsp3) is 0.400. The maximum Gasteiger partial charge on any atom is 0.288 e. The van der Waals surface area contributed by atoms with E-state index in [1.807, 2.05) is 0 Å². The van der Waals surface area contributed by atoms with Gasteiger partial charge in [-0.25, -0.2) is 4.99 Å².